The molecule has 0 spiro atoms. The Balaban J connectivity index is 2.48. The normalized spacial score (nSPS) is 11.9. The molecule has 0 radical (unpaired) electrons. The highest BCUT2D eigenvalue weighted by molar-refractivity contribution is 9.11. The predicted molar refractivity (Wildman–Crippen MR) is 69.0 cm³/mol. The molecule has 2 amide bonds. The van der Waals surface area contributed by atoms with E-state index in [1.54, 1.807) is 19.1 Å². The second kappa shape index (κ2) is 6.73. The minimum atomic E-state index is -0.630. The summed E-state index contributed by atoms with van der Waals surface area (Å²) >= 11 is 4.56. The standard InChI is InChI=1S/C10H13BrN2O3S/c1-6(9(15)12-4-5-14)13-10(16)7-2-3-8(11)17-7/h2-3,6,14H,4-5H2,1H3,(H,12,15)(H,13,16). The lowest BCUT2D eigenvalue weighted by Gasteiger charge is -2.12. The third-order valence-electron chi connectivity index (χ3n) is 1.95. The molecule has 1 unspecified atom stereocenters. The number of halogens is 1. The SMILES string of the molecule is CC(NC(=O)c1ccc(Br)s1)C(=O)NCCO. The summed E-state index contributed by atoms with van der Waals surface area (Å²) in [5.74, 6) is -0.602. The van der Waals surface area contributed by atoms with Crippen molar-refractivity contribution >= 4 is 39.1 Å². The van der Waals surface area contributed by atoms with Crippen molar-refractivity contribution in [1.29, 1.82) is 0 Å². The lowest BCUT2D eigenvalue weighted by Crippen LogP contribution is -2.45. The van der Waals surface area contributed by atoms with Gasteiger partial charge in [-0.05, 0) is 35.0 Å². The van der Waals surface area contributed by atoms with Crippen LogP contribution >= 0.6 is 27.3 Å². The van der Waals surface area contributed by atoms with Crippen LogP contribution in [0.4, 0.5) is 0 Å². The molecule has 1 rings (SSSR count). The Morgan fingerprint density at radius 3 is 2.76 bits per heavy atom. The van der Waals surface area contributed by atoms with Crippen LogP contribution in [0.15, 0.2) is 15.9 Å². The number of aliphatic hydroxyl groups is 1. The molecule has 0 aliphatic carbocycles. The van der Waals surface area contributed by atoms with Gasteiger partial charge >= 0.3 is 0 Å². The third kappa shape index (κ3) is 4.45. The minimum absolute atomic E-state index is 0.121. The van der Waals surface area contributed by atoms with E-state index in [1.165, 1.54) is 11.3 Å². The Morgan fingerprint density at radius 2 is 2.24 bits per heavy atom. The molecule has 1 atom stereocenters. The Labute approximate surface area is 111 Å². The van der Waals surface area contributed by atoms with Crippen LogP contribution in [0, 0.1) is 0 Å². The number of hydrogen-bond donors (Lipinski definition) is 3. The number of carbonyl (C=O) groups is 2. The van der Waals surface area contributed by atoms with Crippen molar-refractivity contribution in [2.75, 3.05) is 13.2 Å². The topological polar surface area (TPSA) is 78.4 Å². The Bertz CT molecular complexity index is 408. The maximum absolute atomic E-state index is 11.7. The molecule has 0 fully saturated rings. The Morgan fingerprint density at radius 1 is 1.53 bits per heavy atom. The summed E-state index contributed by atoms with van der Waals surface area (Å²) in [6.07, 6.45) is 0. The zero-order valence-corrected chi connectivity index (χ0v) is 11.6. The van der Waals surface area contributed by atoms with Crippen molar-refractivity contribution < 1.29 is 14.7 Å². The highest BCUT2D eigenvalue weighted by atomic mass is 79.9. The monoisotopic (exact) mass is 320 g/mol. The van der Waals surface area contributed by atoms with Crippen LogP contribution in [0.1, 0.15) is 16.6 Å². The first-order valence-electron chi connectivity index (χ1n) is 4.99. The van der Waals surface area contributed by atoms with E-state index in [-0.39, 0.29) is 25.0 Å². The highest BCUT2D eigenvalue weighted by Gasteiger charge is 2.16. The van der Waals surface area contributed by atoms with Crippen LogP contribution in [0.5, 0.6) is 0 Å². The zero-order chi connectivity index (χ0) is 12.8. The first-order valence-corrected chi connectivity index (χ1v) is 6.60. The van der Waals surface area contributed by atoms with Crippen LogP contribution in [0.25, 0.3) is 0 Å². The van der Waals surface area contributed by atoms with Crippen LogP contribution < -0.4 is 10.6 Å². The van der Waals surface area contributed by atoms with Crippen molar-refractivity contribution in [1.82, 2.24) is 10.6 Å². The first kappa shape index (κ1) is 14.1. The number of nitrogens with one attached hydrogen (secondary N) is 2. The number of carbonyl (C=O) groups excluding carboxylic acids is 2. The van der Waals surface area contributed by atoms with Crippen molar-refractivity contribution in [3.05, 3.63) is 20.8 Å². The summed E-state index contributed by atoms with van der Waals surface area (Å²) in [5, 5.41) is 13.6. The highest BCUT2D eigenvalue weighted by Crippen LogP contribution is 2.21. The molecule has 0 saturated heterocycles. The molecule has 0 aromatic carbocycles. The van der Waals surface area contributed by atoms with Gasteiger partial charge in [-0.1, -0.05) is 0 Å². The molecule has 0 aliphatic heterocycles. The molecule has 7 heteroatoms. The molecular weight excluding hydrogens is 308 g/mol. The fourth-order valence-corrected chi connectivity index (χ4v) is 2.39. The summed E-state index contributed by atoms with van der Waals surface area (Å²) in [6, 6.07) is 2.83. The van der Waals surface area contributed by atoms with Gasteiger partial charge in [0.05, 0.1) is 15.3 Å². The van der Waals surface area contributed by atoms with Crippen LogP contribution in [0.2, 0.25) is 0 Å². The van der Waals surface area contributed by atoms with E-state index in [0.717, 1.165) is 3.79 Å². The smallest absolute Gasteiger partial charge is 0.262 e. The quantitative estimate of drug-likeness (QED) is 0.748. The molecule has 0 bridgehead atoms. The van der Waals surface area contributed by atoms with Crippen molar-refractivity contribution in [3.63, 3.8) is 0 Å². The maximum atomic E-state index is 11.7. The number of hydrogen-bond acceptors (Lipinski definition) is 4. The van der Waals surface area contributed by atoms with Gasteiger partial charge in [0.15, 0.2) is 0 Å². The molecular formula is C10H13BrN2O3S. The summed E-state index contributed by atoms with van der Waals surface area (Å²) in [5.41, 5.74) is 0. The lowest BCUT2D eigenvalue weighted by molar-refractivity contribution is -0.122. The van der Waals surface area contributed by atoms with Crippen molar-refractivity contribution in [3.8, 4) is 0 Å². The summed E-state index contributed by atoms with van der Waals surface area (Å²) in [6.45, 7) is 1.65. The Kier molecular flexibility index (Phi) is 5.60. The van der Waals surface area contributed by atoms with Gasteiger partial charge < -0.3 is 15.7 Å². The van der Waals surface area contributed by atoms with Crippen molar-refractivity contribution in [2.24, 2.45) is 0 Å². The molecule has 0 saturated carbocycles. The fourth-order valence-electron chi connectivity index (χ4n) is 1.10. The third-order valence-corrected chi connectivity index (χ3v) is 3.57. The van der Waals surface area contributed by atoms with E-state index >= 15 is 0 Å². The molecule has 94 valence electrons. The van der Waals surface area contributed by atoms with Gasteiger partial charge in [0.2, 0.25) is 5.91 Å². The second-order valence-electron chi connectivity index (χ2n) is 3.31. The van der Waals surface area contributed by atoms with E-state index in [0.29, 0.717) is 4.88 Å². The predicted octanol–water partition coefficient (Wildman–Crippen LogP) is 0.737. The number of amides is 2. The molecule has 3 N–H and O–H groups in total. The average molecular weight is 321 g/mol. The molecule has 0 aliphatic rings. The van der Waals surface area contributed by atoms with E-state index in [9.17, 15) is 9.59 Å². The first-order chi connectivity index (χ1) is 8.04. The van der Waals surface area contributed by atoms with Gasteiger partial charge in [-0.2, -0.15) is 0 Å². The number of aliphatic hydroxyl groups excluding tert-OH is 1. The van der Waals surface area contributed by atoms with Crippen LogP contribution in [-0.2, 0) is 4.79 Å². The number of rotatable bonds is 5. The van der Waals surface area contributed by atoms with Gasteiger partial charge in [-0.3, -0.25) is 9.59 Å². The maximum Gasteiger partial charge on any atom is 0.262 e. The van der Waals surface area contributed by atoms with Gasteiger partial charge in [-0.15, -0.1) is 11.3 Å². The van der Waals surface area contributed by atoms with Gasteiger partial charge in [-0.25, -0.2) is 0 Å². The Hall–Kier alpha value is -0.920. The van der Waals surface area contributed by atoms with Crippen molar-refractivity contribution in [2.45, 2.75) is 13.0 Å². The molecule has 17 heavy (non-hydrogen) atoms. The van der Waals surface area contributed by atoms with Crippen LogP contribution in [0.3, 0.4) is 0 Å². The van der Waals surface area contributed by atoms with Gasteiger partial charge in [0, 0.05) is 6.54 Å². The zero-order valence-electron chi connectivity index (χ0n) is 9.20. The average Bonchev–Trinajstić information content (AvgIpc) is 2.72. The lowest BCUT2D eigenvalue weighted by atomic mass is 10.3. The van der Waals surface area contributed by atoms with Gasteiger partial charge in [0.1, 0.15) is 6.04 Å². The number of thiophene rings is 1. The van der Waals surface area contributed by atoms with Gasteiger partial charge in [0.25, 0.3) is 5.91 Å². The molecule has 1 aromatic heterocycles. The van der Waals surface area contributed by atoms with E-state index in [4.69, 9.17) is 5.11 Å². The fraction of sp³-hybridized carbons (Fsp3) is 0.400. The summed E-state index contributed by atoms with van der Waals surface area (Å²) in [7, 11) is 0. The largest absolute Gasteiger partial charge is 0.395 e. The molecule has 1 aromatic rings. The minimum Gasteiger partial charge on any atom is -0.395 e. The summed E-state index contributed by atoms with van der Waals surface area (Å²) in [4.78, 5) is 23.7. The van der Waals surface area contributed by atoms with E-state index in [1.807, 2.05) is 0 Å². The molecule has 1 heterocycles. The van der Waals surface area contributed by atoms with E-state index < -0.39 is 6.04 Å². The second-order valence-corrected chi connectivity index (χ2v) is 5.78. The molecule has 5 nitrogen and oxygen atoms in total. The summed E-state index contributed by atoms with van der Waals surface area (Å²) < 4.78 is 0.861. The van der Waals surface area contributed by atoms with E-state index in [2.05, 4.69) is 26.6 Å². The van der Waals surface area contributed by atoms with Crippen LogP contribution in [-0.4, -0.2) is 36.1 Å².